The monoisotopic (exact) mass is 275 g/mol. The van der Waals surface area contributed by atoms with E-state index in [1.54, 1.807) is 0 Å². The average Bonchev–Trinajstić information content (AvgIpc) is 2.48. The number of hydrogen-bond acceptors (Lipinski definition) is 3. The highest BCUT2D eigenvalue weighted by atomic mass is 16.2. The van der Waals surface area contributed by atoms with Gasteiger partial charge in [0, 0.05) is 44.8 Å². The van der Waals surface area contributed by atoms with Crippen molar-refractivity contribution in [2.45, 2.75) is 33.2 Å². The number of pyridine rings is 1. The van der Waals surface area contributed by atoms with Crippen LogP contribution in [0.3, 0.4) is 0 Å². The second-order valence-electron chi connectivity index (χ2n) is 5.61. The maximum absolute atomic E-state index is 12.2. The normalized spacial score (nSPS) is 18.0. The lowest BCUT2D eigenvalue weighted by atomic mass is 10.0. The molecular weight excluding hydrogens is 250 g/mol. The van der Waals surface area contributed by atoms with Gasteiger partial charge in [-0.25, -0.2) is 0 Å². The van der Waals surface area contributed by atoms with E-state index in [4.69, 9.17) is 0 Å². The molecule has 4 heteroatoms. The molecule has 1 atom stereocenters. The van der Waals surface area contributed by atoms with Gasteiger partial charge in [0.2, 0.25) is 5.91 Å². The van der Waals surface area contributed by atoms with Gasteiger partial charge in [0.1, 0.15) is 0 Å². The molecule has 1 fully saturated rings. The maximum Gasteiger partial charge on any atom is 0.225 e. The largest absolute Gasteiger partial charge is 0.340 e. The Bertz CT molecular complexity index is 413. The molecule has 1 amide bonds. The summed E-state index contributed by atoms with van der Waals surface area (Å²) >= 11 is 0. The lowest BCUT2D eigenvalue weighted by molar-refractivity contribution is -0.137. The average molecular weight is 275 g/mol. The van der Waals surface area contributed by atoms with Crippen LogP contribution >= 0.6 is 0 Å². The third-order valence-electron chi connectivity index (χ3n) is 3.94. The fraction of sp³-hybridized carbons (Fsp3) is 0.625. The van der Waals surface area contributed by atoms with Crippen molar-refractivity contribution in [2.75, 3.05) is 26.2 Å². The first-order chi connectivity index (χ1) is 9.70. The Morgan fingerprint density at radius 3 is 2.65 bits per heavy atom. The van der Waals surface area contributed by atoms with Crippen LogP contribution in [-0.2, 0) is 11.3 Å². The number of hydrogen-bond donors (Lipinski definition) is 0. The van der Waals surface area contributed by atoms with E-state index < -0.39 is 0 Å². The molecule has 2 heterocycles. The van der Waals surface area contributed by atoms with Gasteiger partial charge in [-0.2, -0.15) is 0 Å². The molecule has 0 aromatic carbocycles. The molecule has 20 heavy (non-hydrogen) atoms. The van der Waals surface area contributed by atoms with Crippen LogP contribution in [0, 0.1) is 5.92 Å². The minimum atomic E-state index is 0.169. The second kappa shape index (κ2) is 7.39. The van der Waals surface area contributed by atoms with E-state index in [1.807, 2.05) is 30.2 Å². The molecule has 1 aromatic heterocycles. The molecule has 2 rings (SSSR count). The van der Waals surface area contributed by atoms with Gasteiger partial charge < -0.3 is 4.90 Å². The van der Waals surface area contributed by atoms with Gasteiger partial charge in [-0.05, 0) is 18.6 Å². The van der Waals surface area contributed by atoms with Crippen LogP contribution in [0.4, 0.5) is 0 Å². The van der Waals surface area contributed by atoms with Crippen LogP contribution < -0.4 is 0 Å². The number of carbonyl (C=O) groups excluding carboxylic acids is 1. The van der Waals surface area contributed by atoms with Gasteiger partial charge in [0.25, 0.3) is 0 Å². The fourth-order valence-corrected chi connectivity index (χ4v) is 2.72. The molecule has 0 saturated carbocycles. The van der Waals surface area contributed by atoms with Crippen molar-refractivity contribution in [3.05, 3.63) is 30.1 Å². The molecule has 4 nitrogen and oxygen atoms in total. The molecule has 0 bridgehead atoms. The van der Waals surface area contributed by atoms with Crippen LogP contribution in [-0.4, -0.2) is 46.9 Å². The van der Waals surface area contributed by atoms with Gasteiger partial charge in [-0.15, -0.1) is 0 Å². The molecule has 0 aliphatic carbocycles. The first-order valence-corrected chi connectivity index (χ1v) is 7.61. The highest BCUT2D eigenvalue weighted by molar-refractivity contribution is 5.78. The van der Waals surface area contributed by atoms with Gasteiger partial charge in [0.05, 0.1) is 5.69 Å². The quantitative estimate of drug-likeness (QED) is 0.826. The Labute approximate surface area is 121 Å². The van der Waals surface area contributed by atoms with Gasteiger partial charge in [-0.1, -0.05) is 26.3 Å². The van der Waals surface area contributed by atoms with Crippen LogP contribution in [0.25, 0.3) is 0 Å². The van der Waals surface area contributed by atoms with Gasteiger partial charge >= 0.3 is 0 Å². The van der Waals surface area contributed by atoms with Crippen molar-refractivity contribution in [1.82, 2.24) is 14.8 Å². The summed E-state index contributed by atoms with van der Waals surface area (Å²) in [5, 5.41) is 0. The third kappa shape index (κ3) is 4.04. The highest BCUT2D eigenvalue weighted by Crippen LogP contribution is 2.13. The van der Waals surface area contributed by atoms with Crippen LogP contribution in [0.1, 0.15) is 32.4 Å². The number of aromatic nitrogens is 1. The minimum absolute atomic E-state index is 0.169. The zero-order chi connectivity index (χ0) is 14.4. The smallest absolute Gasteiger partial charge is 0.225 e. The van der Waals surface area contributed by atoms with Crippen LogP contribution in [0.15, 0.2) is 24.4 Å². The van der Waals surface area contributed by atoms with E-state index in [1.165, 1.54) is 0 Å². The summed E-state index contributed by atoms with van der Waals surface area (Å²) in [6.45, 7) is 8.65. The van der Waals surface area contributed by atoms with Crippen molar-refractivity contribution < 1.29 is 4.79 Å². The van der Waals surface area contributed by atoms with Gasteiger partial charge in [-0.3, -0.25) is 14.7 Å². The standard InChI is InChI=1S/C16H25N3O/c1-3-6-14(2)16(20)19-11-9-18(10-12-19)13-15-7-4-5-8-17-15/h4-5,7-8,14H,3,6,9-13H2,1-2H3. The number of amides is 1. The van der Waals surface area contributed by atoms with Crippen LogP contribution in [0.5, 0.6) is 0 Å². The Morgan fingerprint density at radius 2 is 2.05 bits per heavy atom. The molecular formula is C16H25N3O. The van der Waals surface area contributed by atoms with E-state index in [9.17, 15) is 4.79 Å². The SMILES string of the molecule is CCCC(C)C(=O)N1CCN(Cc2ccccn2)CC1. The summed E-state index contributed by atoms with van der Waals surface area (Å²) in [7, 11) is 0. The summed E-state index contributed by atoms with van der Waals surface area (Å²) in [6.07, 6.45) is 3.90. The Balaban J connectivity index is 1.79. The summed E-state index contributed by atoms with van der Waals surface area (Å²) in [5.74, 6) is 0.492. The zero-order valence-corrected chi connectivity index (χ0v) is 12.6. The van der Waals surface area contributed by atoms with Gasteiger partial charge in [0.15, 0.2) is 0 Å². The van der Waals surface area contributed by atoms with Crippen molar-refractivity contribution in [3.63, 3.8) is 0 Å². The van der Waals surface area contributed by atoms with E-state index >= 15 is 0 Å². The highest BCUT2D eigenvalue weighted by Gasteiger charge is 2.24. The summed E-state index contributed by atoms with van der Waals surface area (Å²) in [4.78, 5) is 21.0. The number of carbonyl (C=O) groups is 1. The lowest BCUT2D eigenvalue weighted by Gasteiger charge is -2.35. The Kier molecular flexibility index (Phi) is 5.53. The lowest BCUT2D eigenvalue weighted by Crippen LogP contribution is -2.49. The van der Waals surface area contributed by atoms with Crippen molar-refractivity contribution in [1.29, 1.82) is 0 Å². The number of piperazine rings is 1. The molecule has 0 radical (unpaired) electrons. The van der Waals surface area contributed by atoms with Crippen molar-refractivity contribution in [2.24, 2.45) is 5.92 Å². The minimum Gasteiger partial charge on any atom is -0.340 e. The topological polar surface area (TPSA) is 36.4 Å². The summed E-state index contributed by atoms with van der Waals surface area (Å²) < 4.78 is 0. The summed E-state index contributed by atoms with van der Waals surface area (Å²) in [6, 6.07) is 6.02. The third-order valence-corrected chi connectivity index (χ3v) is 3.94. The Hall–Kier alpha value is -1.42. The molecule has 1 unspecified atom stereocenters. The van der Waals surface area contributed by atoms with Crippen LogP contribution in [0.2, 0.25) is 0 Å². The zero-order valence-electron chi connectivity index (χ0n) is 12.6. The molecule has 0 spiro atoms. The van der Waals surface area contributed by atoms with Crippen molar-refractivity contribution in [3.8, 4) is 0 Å². The first kappa shape index (κ1) is 15.0. The molecule has 1 aliphatic heterocycles. The van der Waals surface area contributed by atoms with Crippen molar-refractivity contribution >= 4 is 5.91 Å². The van der Waals surface area contributed by atoms with E-state index in [0.717, 1.165) is 51.3 Å². The summed E-state index contributed by atoms with van der Waals surface area (Å²) in [5.41, 5.74) is 1.10. The number of rotatable bonds is 5. The molecule has 1 saturated heterocycles. The molecule has 1 aliphatic rings. The maximum atomic E-state index is 12.2. The molecule has 1 aromatic rings. The second-order valence-corrected chi connectivity index (χ2v) is 5.61. The molecule has 110 valence electrons. The fourth-order valence-electron chi connectivity index (χ4n) is 2.72. The molecule has 0 N–H and O–H groups in total. The van der Waals surface area contributed by atoms with E-state index in [2.05, 4.69) is 22.9 Å². The van der Waals surface area contributed by atoms with E-state index in [0.29, 0.717) is 5.91 Å². The Morgan fingerprint density at radius 1 is 1.30 bits per heavy atom. The first-order valence-electron chi connectivity index (χ1n) is 7.61. The number of nitrogens with zero attached hydrogens (tertiary/aromatic N) is 3. The van der Waals surface area contributed by atoms with E-state index in [-0.39, 0.29) is 5.92 Å². The predicted octanol–water partition coefficient (Wildman–Crippen LogP) is 2.16. The predicted molar refractivity (Wildman–Crippen MR) is 80.2 cm³/mol.